The summed E-state index contributed by atoms with van der Waals surface area (Å²) in [6, 6.07) is 12.0. The predicted octanol–water partition coefficient (Wildman–Crippen LogP) is 5.96. The Morgan fingerprint density at radius 2 is 1.83 bits per heavy atom. The number of aliphatic carboxylic acids is 1. The first kappa shape index (κ1) is 20.7. The van der Waals surface area contributed by atoms with Crippen molar-refractivity contribution in [3.05, 3.63) is 83.4 Å². The van der Waals surface area contributed by atoms with Gasteiger partial charge in [-0.05, 0) is 53.8 Å². The first-order valence-corrected chi connectivity index (χ1v) is 9.18. The summed E-state index contributed by atoms with van der Waals surface area (Å²) in [5.74, 6) is -0.446. The molecule has 2 aromatic carbocycles. The molecule has 0 unspecified atom stereocenters. The maximum absolute atomic E-state index is 12.9. The van der Waals surface area contributed by atoms with Crippen LogP contribution >= 0.6 is 0 Å². The van der Waals surface area contributed by atoms with Crippen LogP contribution in [0.4, 0.5) is 13.2 Å². The van der Waals surface area contributed by atoms with Crippen LogP contribution in [0.5, 0.6) is 5.75 Å². The Hall–Kier alpha value is -3.02. The van der Waals surface area contributed by atoms with Gasteiger partial charge in [-0.3, -0.25) is 0 Å². The number of hydrogen-bond donors (Lipinski definition) is 1. The molecule has 0 radical (unpaired) electrons. The molecule has 0 heterocycles. The molecule has 0 atom stereocenters. The molecule has 3 nitrogen and oxygen atoms in total. The number of halogens is 3. The summed E-state index contributed by atoms with van der Waals surface area (Å²) in [4.78, 5) is 10.8. The van der Waals surface area contributed by atoms with Crippen molar-refractivity contribution >= 4 is 11.5 Å². The van der Waals surface area contributed by atoms with E-state index in [4.69, 9.17) is 9.84 Å². The molecule has 1 aliphatic carbocycles. The minimum absolute atomic E-state index is 0.215. The molecule has 29 heavy (non-hydrogen) atoms. The van der Waals surface area contributed by atoms with Gasteiger partial charge in [-0.25, -0.2) is 4.79 Å². The number of benzene rings is 2. The zero-order chi connectivity index (χ0) is 21.1. The second-order valence-electron chi connectivity index (χ2n) is 7.48. The zero-order valence-corrected chi connectivity index (χ0v) is 15.9. The molecule has 152 valence electrons. The lowest BCUT2D eigenvalue weighted by molar-refractivity contribution is -0.137. The van der Waals surface area contributed by atoms with Crippen molar-refractivity contribution in [2.75, 3.05) is 6.61 Å². The number of ether oxygens (including phenoxy) is 1. The van der Waals surface area contributed by atoms with Gasteiger partial charge in [-0.2, -0.15) is 13.2 Å². The van der Waals surface area contributed by atoms with E-state index in [2.05, 4.69) is 6.92 Å². The van der Waals surface area contributed by atoms with Gasteiger partial charge >= 0.3 is 12.1 Å². The van der Waals surface area contributed by atoms with E-state index in [1.807, 2.05) is 18.2 Å². The van der Waals surface area contributed by atoms with Crippen LogP contribution < -0.4 is 4.74 Å². The Morgan fingerprint density at radius 3 is 2.41 bits per heavy atom. The lowest BCUT2D eigenvalue weighted by Crippen LogP contribution is -2.08. The molecule has 0 bridgehead atoms. The standard InChI is InChI=1S/C23H21F3O3/c1-22(12-13-22)15-29-19-5-2-4-17(14-19)20(6-3-7-21(27)28)16-8-10-18(11-9-16)23(24,25)26/h2-11,14H,12-13,15H2,1H3,(H,27,28)/b7-3+,20-6+. The normalized spacial score (nSPS) is 16.1. The van der Waals surface area contributed by atoms with E-state index >= 15 is 0 Å². The third kappa shape index (κ3) is 5.73. The number of allylic oxidation sites excluding steroid dienone is 2. The van der Waals surface area contributed by atoms with Gasteiger partial charge in [-0.15, -0.1) is 0 Å². The number of carboxylic acids is 1. The van der Waals surface area contributed by atoms with Crippen LogP contribution in [0.15, 0.2) is 66.8 Å². The fourth-order valence-corrected chi connectivity index (χ4v) is 2.79. The third-order valence-electron chi connectivity index (χ3n) is 4.86. The van der Waals surface area contributed by atoms with Crippen LogP contribution in [-0.2, 0) is 11.0 Å². The molecule has 6 heteroatoms. The van der Waals surface area contributed by atoms with E-state index in [1.165, 1.54) is 18.2 Å². The molecule has 0 aromatic heterocycles. The second-order valence-corrected chi connectivity index (χ2v) is 7.48. The summed E-state index contributed by atoms with van der Waals surface area (Å²) < 4.78 is 44.5. The molecule has 2 aromatic rings. The van der Waals surface area contributed by atoms with E-state index in [-0.39, 0.29) is 5.41 Å². The molecule has 0 amide bonds. The Kier molecular flexibility index (Phi) is 5.82. The third-order valence-corrected chi connectivity index (χ3v) is 4.86. The Labute approximate surface area is 167 Å². The maximum atomic E-state index is 12.9. The van der Waals surface area contributed by atoms with Crippen molar-refractivity contribution in [2.24, 2.45) is 5.41 Å². The lowest BCUT2D eigenvalue weighted by atomic mass is 9.96. The lowest BCUT2D eigenvalue weighted by Gasteiger charge is -2.14. The van der Waals surface area contributed by atoms with Crippen LogP contribution in [0.25, 0.3) is 5.57 Å². The van der Waals surface area contributed by atoms with Gasteiger partial charge in [0.15, 0.2) is 0 Å². The monoisotopic (exact) mass is 402 g/mol. The summed E-state index contributed by atoms with van der Waals surface area (Å²) in [5.41, 5.74) is 1.33. The van der Waals surface area contributed by atoms with Crippen molar-refractivity contribution in [2.45, 2.75) is 25.9 Å². The van der Waals surface area contributed by atoms with E-state index < -0.39 is 17.7 Å². The second kappa shape index (κ2) is 8.15. The minimum atomic E-state index is -4.42. The highest BCUT2D eigenvalue weighted by molar-refractivity contribution is 5.84. The van der Waals surface area contributed by atoms with Gasteiger partial charge in [0.25, 0.3) is 0 Å². The summed E-state index contributed by atoms with van der Waals surface area (Å²) >= 11 is 0. The number of rotatable bonds is 7. The molecule has 1 saturated carbocycles. The highest BCUT2D eigenvalue weighted by Crippen LogP contribution is 2.45. The van der Waals surface area contributed by atoms with Gasteiger partial charge < -0.3 is 9.84 Å². The SMILES string of the molecule is CC1(COc2cccc(/C(=C/C=C/C(=O)O)c3ccc(C(F)(F)F)cc3)c2)CC1. The number of alkyl halides is 3. The highest BCUT2D eigenvalue weighted by atomic mass is 19.4. The van der Waals surface area contributed by atoms with Gasteiger partial charge in [0.2, 0.25) is 0 Å². The van der Waals surface area contributed by atoms with E-state index in [9.17, 15) is 18.0 Å². The highest BCUT2D eigenvalue weighted by Gasteiger charge is 2.38. The zero-order valence-electron chi connectivity index (χ0n) is 15.9. The van der Waals surface area contributed by atoms with E-state index in [0.29, 0.717) is 23.5 Å². The van der Waals surface area contributed by atoms with Crippen molar-refractivity contribution in [3.63, 3.8) is 0 Å². The Balaban J connectivity index is 1.92. The van der Waals surface area contributed by atoms with Crippen LogP contribution in [0.1, 0.15) is 36.5 Å². The van der Waals surface area contributed by atoms with Gasteiger partial charge in [-0.1, -0.05) is 43.3 Å². The Morgan fingerprint density at radius 1 is 1.14 bits per heavy atom. The molecule has 1 aliphatic rings. The van der Waals surface area contributed by atoms with Crippen molar-refractivity contribution in [1.29, 1.82) is 0 Å². The van der Waals surface area contributed by atoms with Crippen molar-refractivity contribution in [3.8, 4) is 5.75 Å². The van der Waals surface area contributed by atoms with Crippen LogP contribution in [0.2, 0.25) is 0 Å². The molecule has 0 saturated heterocycles. The van der Waals surface area contributed by atoms with E-state index in [0.717, 1.165) is 36.6 Å². The number of carbonyl (C=O) groups is 1. The van der Waals surface area contributed by atoms with Gasteiger partial charge in [0.1, 0.15) is 5.75 Å². The molecule has 1 N–H and O–H groups in total. The fourth-order valence-electron chi connectivity index (χ4n) is 2.79. The largest absolute Gasteiger partial charge is 0.493 e. The first-order valence-electron chi connectivity index (χ1n) is 9.18. The number of carboxylic acid groups (broad SMARTS) is 1. The first-order chi connectivity index (χ1) is 13.7. The molecule has 0 aliphatic heterocycles. The molecule has 1 fully saturated rings. The summed E-state index contributed by atoms with van der Waals surface area (Å²) in [6.07, 6.45) is 1.73. The summed E-state index contributed by atoms with van der Waals surface area (Å²) in [5, 5.41) is 8.83. The van der Waals surface area contributed by atoms with Gasteiger partial charge in [0, 0.05) is 11.5 Å². The predicted molar refractivity (Wildman–Crippen MR) is 105 cm³/mol. The van der Waals surface area contributed by atoms with Crippen LogP contribution in [-0.4, -0.2) is 17.7 Å². The maximum Gasteiger partial charge on any atom is 0.416 e. The quantitative estimate of drug-likeness (QED) is 0.459. The van der Waals surface area contributed by atoms with Crippen LogP contribution in [0.3, 0.4) is 0 Å². The number of hydrogen-bond acceptors (Lipinski definition) is 2. The van der Waals surface area contributed by atoms with Crippen LogP contribution in [0, 0.1) is 5.41 Å². The minimum Gasteiger partial charge on any atom is -0.493 e. The topological polar surface area (TPSA) is 46.5 Å². The average Bonchev–Trinajstić information content (AvgIpc) is 3.41. The molecule has 0 spiro atoms. The fraction of sp³-hybridized carbons (Fsp3) is 0.261. The summed E-state index contributed by atoms with van der Waals surface area (Å²) in [7, 11) is 0. The van der Waals surface area contributed by atoms with Gasteiger partial charge in [0.05, 0.1) is 12.2 Å². The van der Waals surface area contributed by atoms with Crippen molar-refractivity contribution in [1.82, 2.24) is 0 Å². The molecular weight excluding hydrogens is 381 g/mol. The molecular formula is C23H21F3O3. The summed E-state index contributed by atoms with van der Waals surface area (Å²) in [6.45, 7) is 2.76. The van der Waals surface area contributed by atoms with E-state index in [1.54, 1.807) is 12.1 Å². The molecule has 3 rings (SSSR count). The Bertz CT molecular complexity index is 937. The van der Waals surface area contributed by atoms with Crippen molar-refractivity contribution < 1.29 is 27.8 Å². The smallest absolute Gasteiger partial charge is 0.416 e. The average molecular weight is 402 g/mol.